The van der Waals surface area contributed by atoms with Crippen LogP contribution in [0.3, 0.4) is 0 Å². The number of rotatable bonds is 5. The summed E-state index contributed by atoms with van der Waals surface area (Å²) < 4.78 is 0. The van der Waals surface area contributed by atoms with Crippen LogP contribution >= 0.6 is 11.6 Å². The van der Waals surface area contributed by atoms with Crippen LogP contribution in [-0.4, -0.2) is 43.0 Å². The Kier molecular flexibility index (Phi) is 6.03. The minimum Gasteiger partial charge on any atom is -0.351 e. The Balaban J connectivity index is 1.86. The zero-order chi connectivity index (χ0) is 15.2. The first kappa shape index (κ1) is 16.3. The van der Waals surface area contributed by atoms with E-state index in [0.717, 1.165) is 25.1 Å². The number of carbonyl (C=O) groups is 1. The SMILES string of the molecule is CNC1CCCN(C(C)C(=O)NCc2ccccc2Cl)C1. The molecule has 5 heteroatoms. The van der Waals surface area contributed by atoms with Crippen molar-refractivity contribution < 1.29 is 4.79 Å². The van der Waals surface area contributed by atoms with Crippen molar-refractivity contribution in [1.82, 2.24) is 15.5 Å². The molecule has 2 unspecified atom stereocenters. The Hall–Kier alpha value is -1.10. The minimum absolute atomic E-state index is 0.0617. The third-order valence-corrected chi connectivity index (χ3v) is 4.57. The van der Waals surface area contributed by atoms with Gasteiger partial charge in [-0.05, 0) is 45.0 Å². The monoisotopic (exact) mass is 309 g/mol. The molecule has 2 rings (SSSR count). The topological polar surface area (TPSA) is 44.4 Å². The van der Waals surface area contributed by atoms with E-state index in [-0.39, 0.29) is 11.9 Å². The summed E-state index contributed by atoms with van der Waals surface area (Å²) in [4.78, 5) is 14.5. The molecule has 0 bridgehead atoms. The first-order chi connectivity index (χ1) is 10.1. The fraction of sp³-hybridized carbons (Fsp3) is 0.562. The number of carbonyl (C=O) groups excluding carboxylic acids is 1. The van der Waals surface area contributed by atoms with Crippen LogP contribution in [0.4, 0.5) is 0 Å². The molecule has 4 nitrogen and oxygen atoms in total. The summed E-state index contributed by atoms with van der Waals surface area (Å²) in [6, 6.07) is 7.97. The van der Waals surface area contributed by atoms with Crippen LogP contribution in [0.1, 0.15) is 25.3 Å². The lowest BCUT2D eigenvalue weighted by Gasteiger charge is -2.35. The largest absolute Gasteiger partial charge is 0.351 e. The molecule has 1 aliphatic heterocycles. The van der Waals surface area contributed by atoms with Crippen molar-refractivity contribution >= 4 is 17.5 Å². The Morgan fingerprint density at radius 3 is 2.95 bits per heavy atom. The molecule has 0 spiro atoms. The van der Waals surface area contributed by atoms with Crippen molar-refractivity contribution in [3.63, 3.8) is 0 Å². The van der Waals surface area contributed by atoms with Gasteiger partial charge in [0.1, 0.15) is 0 Å². The highest BCUT2D eigenvalue weighted by Crippen LogP contribution is 2.15. The lowest BCUT2D eigenvalue weighted by atomic mass is 10.0. The van der Waals surface area contributed by atoms with E-state index >= 15 is 0 Å². The van der Waals surface area contributed by atoms with Gasteiger partial charge in [0.15, 0.2) is 0 Å². The summed E-state index contributed by atoms with van der Waals surface area (Å²) in [7, 11) is 1.98. The molecule has 1 aromatic carbocycles. The fourth-order valence-corrected chi connectivity index (χ4v) is 2.93. The summed E-state index contributed by atoms with van der Waals surface area (Å²) in [6.07, 6.45) is 2.31. The second kappa shape index (κ2) is 7.78. The van der Waals surface area contributed by atoms with Crippen molar-refractivity contribution in [2.24, 2.45) is 0 Å². The Labute approximate surface area is 131 Å². The van der Waals surface area contributed by atoms with E-state index in [0.29, 0.717) is 17.6 Å². The zero-order valence-corrected chi connectivity index (χ0v) is 13.5. The second-order valence-electron chi connectivity index (χ2n) is 5.61. The number of amides is 1. The van der Waals surface area contributed by atoms with Gasteiger partial charge in [0, 0.05) is 24.2 Å². The number of halogens is 1. The quantitative estimate of drug-likeness (QED) is 0.875. The van der Waals surface area contributed by atoms with Crippen LogP contribution in [0.2, 0.25) is 5.02 Å². The maximum absolute atomic E-state index is 12.3. The summed E-state index contributed by atoms with van der Waals surface area (Å²) in [5.41, 5.74) is 0.950. The Bertz CT molecular complexity index is 480. The van der Waals surface area contributed by atoms with Crippen molar-refractivity contribution in [2.45, 2.75) is 38.4 Å². The van der Waals surface area contributed by atoms with E-state index in [1.165, 1.54) is 6.42 Å². The van der Waals surface area contributed by atoms with E-state index in [2.05, 4.69) is 15.5 Å². The van der Waals surface area contributed by atoms with E-state index in [4.69, 9.17) is 11.6 Å². The average molecular weight is 310 g/mol. The third kappa shape index (κ3) is 4.43. The molecule has 1 fully saturated rings. The van der Waals surface area contributed by atoms with Gasteiger partial charge in [-0.2, -0.15) is 0 Å². The molecular weight excluding hydrogens is 286 g/mol. The number of likely N-dealkylation sites (N-methyl/N-ethyl adjacent to an activating group) is 1. The van der Waals surface area contributed by atoms with Crippen LogP contribution in [-0.2, 0) is 11.3 Å². The van der Waals surface area contributed by atoms with Gasteiger partial charge in [-0.25, -0.2) is 0 Å². The lowest BCUT2D eigenvalue weighted by molar-refractivity contribution is -0.126. The van der Waals surface area contributed by atoms with E-state index < -0.39 is 0 Å². The molecule has 116 valence electrons. The second-order valence-corrected chi connectivity index (χ2v) is 6.02. The molecule has 0 aromatic heterocycles. The smallest absolute Gasteiger partial charge is 0.237 e. The van der Waals surface area contributed by atoms with Crippen molar-refractivity contribution in [3.8, 4) is 0 Å². The van der Waals surface area contributed by atoms with Crippen LogP contribution in [0.5, 0.6) is 0 Å². The highest BCUT2D eigenvalue weighted by Gasteiger charge is 2.26. The van der Waals surface area contributed by atoms with E-state index in [1.807, 2.05) is 38.2 Å². The molecule has 1 aromatic rings. The average Bonchev–Trinajstić information content (AvgIpc) is 2.53. The number of likely N-dealkylation sites (tertiary alicyclic amines) is 1. The number of nitrogens with one attached hydrogen (secondary N) is 2. The van der Waals surface area contributed by atoms with Crippen LogP contribution < -0.4 is 10.6 Å². The molecule has 1 aliphatic rings. The summed E-state index contributed by atoms with van der Waals surface area (Å²) >= 11 is 6.10. The first-order valence-electron chi connectivity index (χ1n) is 7.54. The standard InChI is InChI=1S/C16H24ClN3O/c1-12(20-9-5-7-14(11-20)18-2)16(21)19-10-13-6-3-4-8-15(13)17/h3-4,6,8,12,14,18H,5,7,9-11H2,1-2H3,(H,19,21). The molecule has 0 aliphatic carbocycles. The first-order valence-corrected chi connectivity index (χ1v) is 7.92. The maximum atomic E-state index is 12.3. The molecule has 2 atom stereocenters. The molecule has 21 heavy (non-hydrogen) atoms. The van der Waals surface area contributed by atoms with Crippen molar-refractivity contribution in [3.05, 3.63) is 34.9 Å². The molecule has 1 saturated heterocycles. The number of benzene rings is 1. The van der Waals surface area contributed by atoms with Crippen LogP contribution in [0, 0.1) is 0 Å². The number of hydrogen-bond donors (Lipinski definition) is 2. The molecule has 2 N–H and O–H groups in total. The molecule has 0 radical (unpaired) electrons. The highest BCUT2D eigenvalue weighted by molar-refractivity contribution is 6.31. The predicted octanol–water partition coefficient (Wildman–Crippen LogP) is 2.03. The molecule has 1 amide bonds. The minimum atomic E-state index is -0.108. The predicted molar refractivity (Wildman–Crippen MR) is 86.4 cm³/mol. The van der Waals surface area contributed by atoms with Crippen molar-refractivity contribution in [1.29, 1.82) is 0 Å². The number of hydrogen-bond acceptors (Lipinski definition) is 3. The Morgan fingerprint density at radius 1 is 1.48 bits per heavy atom. The van der Waals surface area contributed by atoms with Gasteiger partial charge in [0.05, 0.1) is 6.04 Å². The zero-order valence-electron chi connectivity index (χ0n) is 12.7. The van der Waals surface area contributed by atoms with Gasteiger partial charge in [-0.1, -0.05) is 29.8 Å². The van der Waals surface area contributed by atoms with Gasteiger partial charge in [0.25, 0.3) is 0 Å². The summed E-state index contributed by atoms with van der Waals surface area (Å²) in [5, 5.41) is 6.98. The molecule has 1 heterocycles. The molecular formula is C16H24ClN3O. The normalized spacial score (nSPS) is 21.0. The third-order valence-electron chi connectivity index (χ3n) is 4.20. The van der Waals surface area contributed by atoms with Gasteiger partial charge in [-0.15, -0.1) is 0 Å². The van der Waals surface area contributed by atoms with Crippen molar-refractivity contribution in [2.75, 3.05) is 20.1 Å². The fourth-order valence-electron chi connectivity index (χ4n) is 2.73. The maximum Gasteiger partial charge on any atom is 0.237 e. The number of nitrogens with zero attached hydrogens (tertiary/aromatic N) is 1. The van der Waals surface area contributed by atoms with Gasteiger partial charge in [0.2, 0.25) is 5.91 Å². The molecule has 0 saturated carbocycles. The highest BCUT2D eigenvalue weighted by atomic mass is 35.5. The summed E-state index contributed by atoms with van der Waals surface area (Å²) in [6.45, 7) is 4.36. The van der Waals surface area contributed by atoms with Gasteiger partial charge in [-0.3, -0.25) is 9.69 Å². The van der Waals surface area contributed by atoms with E-state index in [1.54, 1.807) is 0 Å². The number of piperidine rings is 1. The summed E-state index contributed by atoms with van der Waals surface area (Å²) in [5.74, 6) is 0.0617. The van der Waals surface area contributed by atoms with Crippen LogP contribution in [0.25, 0.3) is 0 Å². The van der Waals surface area contributed by atoms with Gasteiger partial charge >= 0.3 is 0 Å². The van der Waals surface area contributed by atoms with Gasteiger partial charge < -0.3 is 10.6 Å². The van der Waals surface area contributed by atoms with Crippen LogP contribution in [0.15, 0.2) is 24.3 Å². The van der Waals surface area contributed by atoms with E-state index in [9.17, 15) is 4.79 Å². The Morgan fingerprint density at radius 2 is 2.24 bits per heavy atom. The lowest BCUT2D eigenvalue weighted by Crippen LogP contribution is -2.52.